The van der Waals surface area contributed by atoms with Gasteiger partial charge in [0.05, 0.1) is 11.7 Å². The molecular formula is C16H32N4O. The molecule has 21 heavy (non-hydrogen) atoms. The van der Waals surface area contributed by atoms with E-state index >= 15 is 0 Å². The highest BCUT2D eigenvalue weighted by molar-refractivity contribution is 5.88. The first kappa shape index (κ1) is 16.7. The molecule has 0 saturated carbocycles. The largest absolute Gasteiger partial charge is 0.324 e. The van der Waals surface area contributed by atoms with Crippen molar-refractivity contribution in [1.82, 2.24) is 20.0 Å². The van der Waals surface area contributed by atoms with E-state index in [-0.39, 0.29) is 17.6 Å². The van der Waals surface area contributed by atoms with Crippen molar-refractivity contribution in [3.8, 4) is 0 Å². The summed E-state index contributed by atoms with van der Waals surface area (Å²) in [5.74, 6) is 0.282. The minimum absolute atomic E-state index is 0.202. The third-order valence-corrected chi connectivity index (χ3v) is 5.25. The summed E-state index contributed by atoms with van der Waals surface area (Å²) in [7, 11) is 4.35. The lowest BCUT2D eigenvalue weighted by Crippen LogP contribution is -2.56. The van der Waals surface area contributed by atoms with Gasteiger partial charge in [0, 0.05) is 32.2 Å². The highest BCUT2D eigenvalue weighted by atomic mass is 16.2. The van der Waals surface area contributed by atoms with Gasteiger partial charge in [0.1, 0.15) is 0 Å². The van der Waals surface area contributed by atoms with E-state index in [2.05, 4.69) is 54.9 Å². The van der Waals surface area contributed by atoms with Gasteiger partial charge < -0.3 is 9.80 Å². The van der Waals surface area contributed by atoms with E-state index in [4.69, 9.17) is 0 Å². The molecule has 2 aliphatic heterocycles. The summed E-state index contributed by atoms with van der Waals surface area (Å²) in [6, 6.07) is 0.438. The van der Waals surface area contributed by atoms with Gasteiger partial charge in [0.25, 0.3) is 0 Å². The van der Waals surface area contributed by atoms with Crippen LogP contribution in [0.1, 0.15) is 40.0 Å². The smallest absolute Gasteiger partial charge is 0.243 e. The number of carbonyl (C=O) groups is 1. The number of piperazine rings is 1. The quantitative estimate of drug-likeness (QED) is 0.820. The molecule has 5 heteroatoms. The molecule has 3 unspecified atom stereocenters. The third kappa shape index (κ3) is 3.41. The summed E-state index contributed by atoms with van der Waals surface area (Å²) < 4.78 is 0. The van der Waals surface area contributed by atoms with Crippen molar-refractivity contribution in [2.24, 2.45) is 0 Å². The van der Waals surface area contributed by atoms with Crippen LogP contribution >= 0.6 is 0 Å². The highest BCUT2D eigenvalue weighted by Crippen LogP contribution is 2.26. The maximum Gasteiger partial charge on any atom is 0.243 e. The molecule has 0 bridgehead atoms. The molecule has 122 valence electrons. The lowest BCUT2D eigenvalue weighted by molar-refractivity contribution is -0.134. The van der Waals surface area contributed by atoms with Crippen molar-refractivity contribution in [3.05, 3.63) is 0 Å². The van der Waals surface area contributed by atoms with E-state index < -0.39 is 0 Å². The fourth-order valence-electron chi connectivity index (χ4n) is 3.46. The molecule has 0 spiro atoms. The maximum atomic E-state index is 12.8. The third-order valence-electron chi connectivity index (χ3n) is 5.25. The predicted octanol–water partition coefficient (Wildman–Crippen LogP) is 0.959. The maximum absolute atomic E-state index is 12.8. The van der Waals surface area contributed by atoms with Gasteiger partial charge in [-0.25, -0.2) is 0 Å². The second-order valence-electron chi connectivity index (χ2n) is 6.99. The molecule has 2 heterocycles. The summed E-state index contributed by atoms with van der Waals surface area (Å²) in [5, 5.41) is 3.58. The normalized spacial score (nSPS) is 35.7. The number of nitrogens with one attached hydrogen (secondary N) is 1. The van der Waals surface area contributed by atoms with Crippen LogP contribution in [0.2, 0.25) is 0 Å². The summed E-state index contributed by atoms with van der Waals surface area (Å²) in [6.07, 6.45) is 3.19. The number of carbonyl (C=O) groups excluding carboxylic acids is 1. The van der Waals surface area contributed by atoms with Gasteiger partial charge in [-0.3, -0.25) is 15.0 Å². The fourth-order valence-corrected chi connectivity index (χ4v) is 3.46. The minimum Gasteiger partial charge on any atom is -0.324 e. The van der Waals surface area contributed by atoms with E-state index in [0.29, 0.717) is 6.04 Å². The molecule has 0 aromatic rings. The number of amides is 1. The van der Waals surface area contributed by atoms with Crippen molar-refractivity contribution >= 4 is 5.91 Å². The first-order valence-electron chi connectivity index (χ1n) is 8.38. The van der Waals surface area contributed by atoms with Gasteiger partial charge in [0.2, 0.25) is 5.91 Å². The SMILES string of the molecule is CCCC1NC(C)(CC)C(=O)N1CC1CN(C)CCN1C. The lowest BCUT2D eigenvalue weighted by atomic mass is 9.99. The molecule has 3 atom stereocenters. The van der Waals surface area contributed by atoms with Crippen molar-refractivity contribution in [2.75, 3.05) is 40.3 Å². The molecule has 0 aromatic heterocycles. The van der Waals surface area contributed by atoms with Gasteiger partial charge in [-0.1, -0.05) is 20.3 Å². The average molecular weight is 296 g/mol. The number of likely N-dealkylation sites (N-methyl/N-ethyl adjacent to an activating group) is 2. The average Bonchev–Trinajstić information content (AvgIpc) is 2.68. The molecule has 1 amide bonds. The Balaban J connectivity index is 2.09. The summed E-state index contributed by atoms with van der Waals surface area (Å²) in [4.78, 5) is 19.7. The van der Waals surface area contributed by atoms with E-state index in [9.17, 15) is 4.79 Å². The first-order valence-corrected chi connectivity index (χ1v) is 8.38. The lowest BCUT2D eigenvalue weighted by Gasteiger charge is -2.40. The topological polar surface area (TPSA) is 38.8 Å². The van der Waals surface area contributed by atoms with Gasteiger partial charge in [-0.15, -0.1) is 0 Å². The first-order chi connectivity index (χ1) is 9.91. The number of hydrogen-bond acceptors (Lipinski definition) is 4. The molecular weight excluding hydrogens is 264 g/mol. The van der Waals surface area contributed by atoms with Crippen LogP contribution in [0.4, 0.5) is 0 Å². The fraction of sp³-hybridized carbons (Fsp3) is 0.938. The number of nitrogens with zero attached hydrogens (tertiary/aromatic N) is 3. The zero-order valence-corrected chi connectivity index (χ0v) is 14.4. The van der Waals surface area contributed by atoms with Crippen LogP contribution in [0.5, 0.6) is 0 Å². The van der Waals surface area contributed by atoms with E-state index in [1.807, 2.05) is 0 Å². The molecule has 2 rings (SSSR count). The van der Waals surface area contributed by atoms with Crippen molar-refractivity contribution < 1.29 is 4.79 Å². The van der Waals surface area contributed by atoms with E-state index in [1.165, 1.54) is 0 Å². The van der Waals surface area contributed by atoms with Gasteiger partial charge in [-0.05, 0) is 33.9 Å². The van der Waals surface area contributed by atoms with Crippen LogP contribution in [0.15, 0.2) is 0 Å². The summed E-state index contributed by atoms with van der Waals surface area (Å²) in [5.41, 5.74) is -0.376. The van der Waals surface area contributed by atoms with Crippen molar-refractivity contribution in [2.45, 2.75) is 57.8 Å². The molecule has 2 saturated heterocycles. The molecule has 0 aliphatic carbocycles. The highest BCUT2D eigenvalue weighted by Gasteiger charge is 2.47. The van der Waals surface area contributed by atoms with Gasteiger partial charge in [-0.2, -0.15) is 0 Å². The second-order valence-corrected chi connectivity index (χ2v) is 6.99. The monoisotopic (exact) mass is 296 g/mol. The Morgan fingerprint density at radius 1 is 1.29 bits per heavy atom. The van der Waals surface area contributed by atoms with E-state index in [0.717, 1.165) is 45.4 Å². The minimum atomic E-state index is -0.376. The van der Waals surface area contributed by atoms with Crippen molar-refractivity contribution in [3.63, 3.8) is 0 Å². The van der Waals surface area contributed by atoms with Gasteiger partial charge >= 0.3 is 0 Å². The van der Waals surface area contributed by atoms with Crippen LogP contribution in [0.25, 0.3) is 0 Å². The number of rotatable bonds is 5. The zero-order chi connectivity index (χ0) is 15.6. The summed E-state index contributed by atoms with van der Waals surface area (Å²) in [6.45, 7) is 10.4. The molecule has 0 radical (unpaired) electrons. The Kier molecular flexibility index (Phi) is 5.28. The Morgan fingerprint density at radius 2 is 2.00 bits per heavy atom. The number of hydrogen-bond donors (Lipinski definition) is 1. The Hall–Kier alpha value is -0.650. The second kappa shape index (κ2) is 6.63. The summed E-state index contributed by atoms with van der Waals surface area (Å²) >= 11 is 0. The van der Waals surface area contributed by atoms with Crippen LogP contribution in [-0.4, -0.2) is 78.6 Å². The predicted molar refractivity (Wildman–Crippen MR) is 86.2 cm³/mol. The van der Waals surface area contributed by atoms with Crippen LogP contribution in [-0.2, 0) is 4.79 Å². The van der Waals surface area contributed by atoms with Crippen LogP contribution in [0.3, 0.4) is 0 Å². The van der Waals surface area contributed by atoms with Crippen LogP contribution in [0, 0.1) is 0 Å². The Morgan fingerprint density at radius 3 is 2.62 bits per heavy atom. The Labute approximate surface area is 129 Å². The molecule has 0 aromatic carbocycles. The molecule has 1 N–H and O–H groups in total. The zero-order valence-electron chi connectivity index (χ0n) is 14.4. The van der Waals surface area contributed by atoms with E-state index in [1.54, 1.807) is 0 Å². The Bertz CT molecular complexity index is 375. The molecule has 2 aliphatic rings. The van der Waals surface area contributed by atoms with Gasteiger partial charge in [0.15, 0.2) is 0 Å². The van der Waals surface area contributed by atoms with Crippen LogP contribution < -0.4 is 5.32 Å². The molecule has 2 fully saturated rings. The standard InChI is InChI=1S/C16H32N4O/c1-6-8-14-17-16(3,7-2)15(21)20(14)12-13-11-18(4)9-10-19(13)5/h13-14,17H,6-12H2,1-5H3. The van der Waals surface area contributed by atoms with Crippen molar-refractivity contribution in [1.29, 1.82) is 0 Å². The molecule has 5 nitrogen and oxygen atoms in total.